The predicted octanol–water partition coefficient (Wildman–Crippen LogP) is 3.73. The summed E-state index contributed by atoms with van der Waals surface area (Å²) in [6.45, 7) is -0.114. The van der Waals surface area contributed by atoms with Gasteiger partial charge < -0.3 is 26.7 Å². The van der Waals surface area contributed by atoms with Crippen molar-refractivity contribution in [2.45, 2.75) is 129 Å². The van der Waals surface area contributed by atoms with Crippen LogP contribution in [0.3, 0.4) is 0 Å². The Morgan fingerprint density at radius 3 is 1.59 bits per heavy atom. The minimum Gasteiger partial charge on any atom is -1.00 e. The lowest BCUT2D eigenvalue weighted by atomic mass is 10.0. The fourth-order valence-electron chi connectivity index (χ4n) is 3.91. The van der Waals surface area contributed by atoms with Crippen LogP contribution in [0.15, 0.2) is 0 Å². The number of unbranched alkanes of at least 4 members (excludes halogenated alkanes) is 15. The summed E-state index contributed by atoms with van der Waals surface area (Å²) in [5.41, 5.74) is 0. The third kappa shape index (κ3) is 25.5. The van der Waals surface area contributed by atoms with E-state index in [2.05, 4.69) is 6.92 Å². The molecule has 1 atom stereocenters. The number of halogens is 1. The number of rotatable bonds is 22. The van der Waals surface area contributed by atoms with E-state index in [1.807, 2.05) is 0 Å². The van der Waals surface area contributed by atoms with Gasteiger partial charge in [0.2, 0.25) is 0 Å². The normalized spacial score (nSPS) is 14.0. The average Bonchev–Trinajstić information content (AvgIpc) is 2.71. The molecule has 1 N–H and O–H groups in total. The van der Waals surface area contributed by atoms with Crippen molar-refractivity contribution in [2.24, 2.45) is 0 Å². The molecule has 0 radical (unpaired) electrons. The highest BCUT2D eigenvalue weighted by Crippen LogP contribution is 2.14. The fraction of sp³-hybridized carbons (Fsp3) is 0.923. The molecule has 192 valence electrons. The van der Waals surface area contributed by atoms with Gasteiger partial charge in [-0.15, -0.1) is 0 Å². The molecule has 0 fully saturated rings. The third-order valence-corrected chi connectivity index (χ3v) is 5.59. The number of hydrogen-bond acceptors (Lipinski definition) is 3. The second kappa shape index (κ2) is 22.0. The highest BCUT2D eigenvalue weighted by atomic mass is 35.5. The zero-order valence-electron chi connectivity index (χ0n) is 24.0. The molecule has 0 spiro atoms. The molecule has 0 heterocycles. The van der Waals surface area contributed by atoms with E-state index in [0.29, 0.717) is 6.42 Å². The van der Waals surface area contributed by atoms with Crippen LogP contribution >= 0.6 is 0 Å². The standard InChI is InChI=1S/C26H51NO4.ClH/c1-5-6-7-8-9-10-11-12-13-14-15-16-17-18-19-20-21-26(30)31-24(22-25(28)29)23-27(2,3)4;/h24H,5-23H2,1-4H3;1H/t24-;/m1./s1/i2D3;. The van der Waals surface area contributed by atoms with Gasteiger partial charge in [-0.2, -0.15) is 0 Å². The molecule has 6 heteroatoms. The van der Waals surface area contributed by atoms with Gasteiger partial charge in [0.15, 0.2) is 6.10 Å². The van der Waals surface area contributed by atoms with Crippen LogP contribution in [0.25, 0.3) is 0 Å². The minimum absolute atomic E-state index is 0. The number of carbonyl (C=O) groups excluding carboxylic acids is 1. The Labute approximate surface area is 208 Å². The fourth-order valence-corrected chi connectivity index (χ4v) is 3.91. The number of carboxylic acid groups (broad SMARTS) is 1. The number of nitrogens with zero attached hydrogens (tertiary/aromatic N) is 1. The zero-order valence-corrected chi connectivity index (χ0v) is 21.8. The molecule has 5 nitrogen and oxygen atoms in total. The lowest BCUT2D eigenvalue weighted by molar-refractivity contribution is -0.873. The third-order valence-electron chi connectivity index (χ3n) is 5.59. The van der Waals surface area contributed by atoms with E-state index in [0.717, 1.165) is 12.8 Å². The van der Waals surface area contributed by atoms with Gasteiger partial charge >= 0.3 is 11.9 Å². The Morgan fingerprint density at radius 1 is 0.812 bits per heavy atom. The van der Waals surface area contributed by atoms with Gasteiger partial charge in [0, 0.05) is 6.42 Å². The van der Waals surface area contributed by atoms with Crippen LogP contribution < -0.4 is 12.4 Å². The smallest absolute Gasteiger partial charge is 0.307 e. The van der Waals surface area contributed by atoms with Gasteiger partial charge in [0.05, 0.1) is 31.6 Å². The Hall–Kier alpha value is -0.810. The lowest BCUT2D eigenvalue weighted by Crippen LogP contribution is -3.00. The molecule has 0 aliphatic rings. The molecule has 0 rings (SSSR count). The van der Waals surface area contributed by atoms with E-state index in [1.165, 1.54) is 97.6 Å². The number of likely N-dealkylation sites (N-methyl/N-ethyl adjacent to an activating group) is 1. The van der Waals surface area contributed by atoms with Crippen LogP contribution in [0, 0.1) is 0 Å². The van der Waals surface area contributed by atoms with Crippen LogP contribution in [0.2, 0.25) is 0 Å². The molecule has 0 amide bonds. The first-order chi connectivity index (χ1) is 16.0. The van der Waals surface area contributed by atoms with Gasteiger partial charge in [0.25, 0.3) is 0 Å². The maximum absolute atomic E-state index is 12.2. The van der Waals surface area contributed by atoms with Gasteiger partial charge in [-0.1, -0.05) is 103 Å². The number of ether oxygens (including phenoxy) is 1. The highest BCUT2D eigenvalue weighted by molar-refractivity contribution is 5.71. The number of hydrogen-bond donors (Lipinski definition) is 1. The maximum Gasteiger partial charge on any atom is 0.307 e. The van der Waals surface area contributed by atoms with Crippen LogP contribution in [0.1, 0.15) is 127 Å². The largest absolute Gasteiger partial charge is 1.00 e. The first-order valence-electron chi connectivity index (χ1n) is 14.2. The van der Waals surface area contributed by atoms with E-state index in [1.54, 1.807) is 0 Å². The van der Waals surface area contributed by atoms with Crippen molar-refractivity contribution in [3.63, 3.8) is 0 Å². The monoisotopic (exact) mass is 480 g/mol. The zero-order chi connectivity index (χ0) is 25.9. The molecular weight excluding hydrogens is 426 g/mol. The lowest BCUT2D eigenvalue weighted by Gasteiger charge is -2.28. The maximum atomic E-state index is 12.2. The summed E-state index contributed by atoms with van der Waals surface area (Å²) in [6, 6.07) is 0. The second-order valence-electron chi connectivity index (χ2n) is 9.63. The molecule has 0 bridgehead atoms. The predicted molar refractivity (Wildman–Crippen MR) is 129 cm³/mol. The Kier molecular flexibility index (Phi) is 18.9. The number of quaternary nitrogens is 1. The number of carbonyl (C=O) groups is 2. The molecule has 0 saturated carbocycles. The molecule has 0 aliphatic carbocycles. The summed E-state index contributed by atoms with van der Waals surface area (Å²) in [6.07, 6.45) is 19.1. The number of esters is 1. The number of carboxylic acids is 1. The van der Waals surface area contributed by atoms with Gasteiger partial charge in [0.1, 0.15) is 6.54 Å². The molecule has 0 aromatic heterocycles. The molecule has 0 aromatic carbocycles. The molecule has 32 heavy (non-hydrogen) atoms. The quantitative estimate of drug-likeness (QED) is 0.146. The van der Waals surface area contributed by atoms with E-state index < -0.39 is 29.5 Å². The molecule has 0 unspecified atom stereocenters. The van der Waals surface area contributed by atoms with Crippen molar-refractivity contribution in [1.82, 2.24) is 0 Å². The van der Waals surface area contributed by atoms with Gasteiger partial charge in [-0.3, -0.25) is 9.59 Å². The van der Waals surface area contributed by atoms with Crippen molar-refractivity contribution in [2.75, 3.05) is 27.6 Å². The summed E-state index contributed by atoms with van der Waals surface area (Å²) in [4.78, 5) is 23.3. The van der Waals surface area contributed by atoms with Crippen molar-refractivity contribution >= 4 is 11.9 Å². The van der Waals surface area contributed by atoms with Gasteiger partial charge in [-0.05, 0) is 6.42 Å². The topological polar surface area (TPSA) is 63.6 Å². The minimum atomic E-state index is -2.31. The summed E-state index contributed by atoms with van der Waals surface area (Å²) in [5.74, 6) is -1.55. The average molecular weight is 481 g/mol. The summed E-state index contributed by atoms with van der Waals surface area (Å²) in [5, 5.41) is 9.08. The summed E-state index contributed by atoms with van der Waals surface area (Å²) < 4.78 is 27.7. The van der Waals surface area contributed by atoms with Crippen molar-refractivity contribution < 1.29 is 40.4 Å². The van der Waals surface area contributed by atoms with Crippen molar-refractivity contribution in [3.05, 3.63) is 0 Å². The van der Waals surface area contributed by atoms with Crippen LogP contribution in [-0.4, -0.2) is 55.2 Å². The Balaban J connectivity index is 0. The van der Waals surface area contributed by atoms with E-state index in [4.69, 9.17) is 14.0 Å². The van der Waals surface area contributed by atoms with Crippen molar-refractivity contribution in [3.8, 4) is 0 Å². The van der Waals surface area contributed by atoms with E-state index in [-0.39, 0.29) is 31.8 Å². The van der Waals surface area contributed by atoms with Gasteiger partial charge in [-0.25, -0.2) is 0 Å². The first kappa shape index (κ1) is 27.4. The second-order valence-corrected chi connectivity index (χ2v) is 9.63. The Bertz CT molecular complexity index is 545. The van der Waals surface area contributed by atoms with Crippen LogP contribution in [-0.2, 0) is 14.3 Å². The number of aliphatic carboxylic acids is 1. The highest BCUT2D eigenvalue weighted by Gasteiger charge is 2.24. The molecule has 0 aliphatic heterocycles. The van der Waals surface area contributed by atoms with E-state index >= 15 is 0 Å². The Morgan fingerprint density at radius 2 is 1.22 bits per heavy atom. The van der Waals surface area contributed by atoms with Crippen LogP contribution in [0.5, 0.6) is 0 Å². The van der Waals surface area contributed by atoms with E-state index in [9.17, 15) is 9.59 Å². The molecule has 0 saturated heterocycles. The van der Waals surface area contributed by atoms with Crippen LogP contribution in [0.4, 0.5) is 0 Å². The molecule has 0 aromatic rings. The SMILES string of the molecule is [2H]C([2H])([2H])[N+](C)(C)C[C@@H](CC(=O)O)OC(=O)CCCCCCCCCCCCCCCCCC.[Cl-]. The van der Waals surface area contributed by atoms with Crippen molar-refractivity contribution in [1.29, 1.82) is 0 Å². The summed E-state index contributed by atoms with van der Waals surface area (Å²) >= 11 is 0. The first-order valence-corrected chi connectivity index (χ1v) is 12.7. The molecular formula is C26H52ClNO4. The summed E-state index contributed by atoms with van der Waals surface area (Å²) in [7, 11) is 2.98.